The second kappa shape index (κ2) is 6.07. The Morgan fingerprint density at radius 3 is 2.82 bits per heavy atom. The summed E-state index contributed by atoms with van der Waals surface area (Å²) < 4.78 is 15.0. The van der Waals surface area contributed by atoms with Crippen LogP contribution in [0.15, 0.2) is 59.5 Å². The van der Waals surface area contributed by atoms with Crippen LogP contribution in [-0.2, 0) is 13.2 Å². The molecule has 3 rings (SSSR count). The summed E-state index contributed by atoms with van der Waals surface area (Å²) >= 11 is 0. The largest absolute Gasteiger partial charge is 0.287 e. The molecule has 1 heterocycles. The average Bonchev–Trinajstić information content (AvgIpc) is 2.50. The van der Waals surface area contributed by atoms with Gasteiger partial charge >= 0.3 is 0 Å². The number of rotatable bonds is 4. The van der Waals surface area contributed by atoms with Crippen molar-refractivity contribution in [1.29, 1.82) is 0 Å². The lowest BCUT2D eigenvalue weighted by atomic mass is 10.2. The van der Waals surface area contributed by atoms with E-state index >= 15 is 0 Å². The number of halogens is 1. The van der Waals surface area contributed by atoms with E-state index in [1.807, 2.05) is 36.2 Å². The molecule has 0 aliphatic rings. The average molecular weight is 297 g/mol. The first-order valence-corrected chi connectivity index (χ1v) is 7.01. The second-order valence-electron chi connectivity index (χ2n) is 5.31. The zero-order valence-corrected chi connectivity index (χ0v) is 12.2. The Hall–Kier alpha value is -2.53. The molecule has 0 saturated carbocycles. The van der Waals surface area contributed by atoms with Gasteiger partial charge in [0.2, 0.25) is 5.43 Å². The molecule has 0 amide bonds. The van der Waals surface area contributed by atoms with Gasteiger partial charge in [0.25, 0.3) is 0 Å². The molecule has 0 aliphatic heterocycles. The predicted octanol–water partition coefficient (Wildman–Crippen LogP) is 2.63. The van der Waals surface area contributed by atoms with Crippen molar-refractivity contribution in [2.45, 2.75) is 13.2 Å². The van der Waals surface area contributed by atoms with Crippen molar-refractivity contribution in [3.8, 4) is 0 Å². The van der Waals surface area contributed by atoms with Crippen molar-refractivity contribution in [3.05, 3.63) is 76.3 Å². The van der Waals surface area contributed by atoms with Crippen molar-refractivity contribution in [2.24, 2.45) is 0 Å². The number of para-hydroxylation sites is 1. The van der Waals surface area contributed by atoms with Gasteiger partial charge in [-0.05, 0) is 36.9 Å². The van der Waals surface area contributed by atoms with Crippen molar-refractivity contribution in [2.75, 3.05) is 7.05 Å². The monoisotopic (exact) mass is 297 g/mol. The number of hydrogen-bond acceptors (Lipinski definition) is 3. The van der Waals surface area contributed by atoms with Crippen LogP contribution < -0.4 is 5.43 Å². The summed E-state index contributed by atoms with van der Waals surface area (Å²) in [5.41, 5.74) is 1.61. The molecule has 0 N–H and O–H groups in total. The standard InChI is InChI=1S/C17H16FN3O/c1-20(11-13-5-4-6-14(18)9-13)12-21-16-8-3-2-7-15(16)17(22)10-19-21/h2-10H,11-12H2,1H3. The maximum absolute atomic E-state index is 13.2. The van der Waals surface area contributed by atoms with E-state index in [0.29, 0.717) is 18.6 Å². The van der Waals surface area contributed by atoms with E-state index in [-0.39, 0.29) is 11.2 Å². The maximum atomic E-state index is 13.2. The van der Waals surface area contributed by atoms with Crippen LogP contribution in [0.4, 0.5) is 4.39 Å². The molecule has 112 valence electrons. The molecule has 1 aromatic heterocycles. The van der Waals surface area contributed by atoms with Gasteiger partial charge in [-0.15, -0.1) is 0 Å². The highest BCUT2D eigenvalue weighted by Gasteiger charge is 2.07. The fourth-order valence-electron chi connectivity index (χ4n) is 2.50. The molecule has 0 radical (unpaired) electrons. The predicted molar refractivity (Wildman–Crippen MR) is 83.9 cm³/mol. The molecule has 0 atom stereocenters. The molecule has 22 heavy (non-hydrogen) atoms. The first-order valence-electron chi connectivity index (χ1n) is 7.01. The number of hydrogen-bond donors (Lipinski definition) is 0. The molecule has 2 aromatic carbocycles. The van der Waals surface area contributed by atoms with Crippen molar-refractivity contribution in [1.82, 2.24) is 14.7 Å². The minimum absolute atomic E-state index is 0.0837. The summed E-state index contributed by atoms with van der Waals surface area (Å²) in [7, 11) is 1.93. The van der Waals surface area contributed by atoms with Gasteiger partial charge < -0.3 is 0 Å². The molecule has 0 spiro atoms. The Balaban J connectivity index is 1.84. The zero-order valence-electron chi connectivity index (χ0n) is 12.2. The van der Waals surface area contributed by atoms with Crippen LogP contribution in [0.25, 0.3) is 10.9 Å². The Morgan fingerprint density at radius 1 is 1.18 bits per heavy atom. The summed E-state index contributed by atoms with van der Waals surface area (Å²) in [6.45, 7) is 1.11. The van der Waals surface area contributed by atoms with E-state index in [2.05, 4.69) is 5.10 Å². The normalized spacial score (nSPS) is 11.2. The van der Waals surface area contributed by atoms with Gasteiger partial charge in [-0.1, -0.05) is 24.3 Å². The van der Waals surface area contributed by atoms with E-state index in [0.717, 1.165) is 11.1 Å². The molecule has 5 heteroatoms. The molecule has 0 aliphatic carbocycles. The van der Waals surface area contributed by atoms with Crippen molar-refractivity contribution in [3.63, 3.8) is 0 Å². The Kier molecular flexibility index (Phi) is 3.98. The van der Waals surface area contributed by atoms with Gasteiger partial charge in [-0.2, -0.15) is 5.10 Å². The van der Waals surface area contributed by atoms with Gasteiger partial charge in [0.05, 0.1) is 18.4 Å². The Labute approximate surface area is 127 Å². The molecule has 0 saturated heterocycles. The first kappa shape index (κ1) is 14.4. The summed E-state index contributed by atoms with van der Waals surface area (Å²) in [5, 5.41) is 4.84. The lowest BCUT2D eigenvalue weighted by molar-refractivity contribution is 0.249. The van der Waals surface area contributed by atoms with E-state index in [1.165, 1.54) is 18.3 Å². The summed E-state index contributed by atoms with van der Waals surface area (Å²) in [4.78, 5) is 13.8. The highest BCUT2D eigenvalue weighted by Crippen LogP contribution is 2.10. The topological polar surface area (TPSA) is 38.1 Å². The van der Waals surface area contributed by atoms with Crippen LogP contribution in [0.2, 0.25) is 0 Å². The van der Waals surface area contributed by atoms with Crippen LogP contribution in [-0.4, -0.2) is 21.7 Å². The van der Waals surface area contributed by atoms with Gasteiger partial charge in [0.1, 0.15) is 5.82 Å². The molecule has 3 aromatic rings. The second-order valence-corrected chi connectivity index (χ2v) is 5.31. The lowest BCUT2D eigenvalue weighted by Crippen LogP contribution is -2.24. The number of nitrogens with zero attached hydrogens (tertiary/aromatic N) is 3. The van der Waals surface area contributed by atoms with E-state index in [1.54, 1.807) is 16.8 Å². The third kappa shape index (κ3) is 3.04. The van der Waals surface area contributed by atoms with E-state index in [4.69, 9.17) is 0 Å². The molecule has 4 nitrogen and oxygen atoms in total. The zero-order chi connectivity index (χ0) is 15.5. The summed E-state index contributed by atoms with van der Waals surface area (Å²) in [6, 6.07) is 13.9. The van der Waals surface area contributed by atoms with Crippen LogP contribution in [0.5, 0.6) is 0 Å². The highest BCUT2D eigenvalue weighted by atomic mass is 19.1. The van der Waals surface area contributed by atoms with Gasteiger partial charge in [-0.3, -0.25) is 14.4 Å². The number of benzene rings is 2. The SMILES string of the molecule is CN(Cc1cccc(F)c1)Cn1ncc(=O)c2ccccc21. The van der Waals surface area contributed by atoms with E-state index in [9.17, 15) is 9.18 Å². The third-order valence-corrected chi connectivity index (χ3v) is 3.48. The Bertz CT molecular complexity index is 860. The summed E-state index contributed by atoms with van der Waals surface area (Å²) in [5.74, 6) is -0.238. The maximum Gasteiger partial charge on any atom is 0.207 e. The van der Waals surface area contributed by atoms with Crippen molar-refractivity contribution < 1.29 is 4.39 Å². The first-order chi connectivity index (χ1) is 10.6. The van der Waals surface area contributed by atoms with Crippen molar-refractivity contribution >= 4 is 10.9 Å². The van der Waals surface area contributed by atoms with Crippen LogP contribution in [0, 0.1) is 5.82 Å². The van der Waals surface area contributed by atoms with E-state index < -0.39 is 0 Å². The number of fused-ring (bicyclic) bond motifs is 1. The fourth-order valence-corrected chi connectivity index (χ4v) is 2.50. The quantitative estimate of drug-likeness (QED) is 0.743. The molecule has 0 unspecified atom stereocenters. The van der Waals surface area contributed by atoms with Crippen LogP contribution in [0.1, 0.15) is 5.56 Å². The highest BCUT2D eigenvalue weighted by molar-refractivity contribution is 5.77. The van der Waals surface area contributed by atoms with Gasteiger partial charge in [-0.25, -0.2) is 4.39 Å². The van der Waals surface area contributed by atoms with Crippen LogP contribution in [0.3, 0.4) is 0 Å². The summed E-state index contributed by atoms with van der Waals surface area (Å²) in [6.07, 6.45) is 1.33. The smallest absolute Gasteiger partial charge is 0.207 e. The minimum Gasteiger partial charge on any atom is -0.287 e. The Morgan fingerprint density at radius 2 is 2.00 bits per heavy atom. The fraction of sp³-hybridized carbons (Fsp3) is 0.176. The molecule has 0 bridgehead atoms. The van der Waals surface area contributed by atoms with Gasteiger partial charge in [0, 0.05) is 11.9 Å². The van der Waals surface area contributed by atoms with Crippen LogP contribution >= 0.6 is 0 Å². The van der Waals surface area contributed by atoms with Gasteiger partial charge in [0.15, 0.2) is 0 Å². The number of aromatic nitrogens is 2. The minimum atomic E-state index is -0.238. The molecular weight excluding hydrogens is 281 g/mol. The lowest BCUT2D eigenvalue weighted by Gasteiger charge is -2.19. The third-order valence-electron chi connectivity index (χ3n) is 3.48. The molecular formula is C17H16FN3O. The molecule has 0 fully saturated rings.